The maximum Gasteiger partial charge on any atom is 0.231 e. The minimum Gasteiger partial charge on any atom is -0.314 e. The minimum atomic E-state index is -0.515. The molecule has 0 aliphatic rings. The molecule has 1 heterocycles. The fourth-order valence-electron chi connectivity index (χ4n) is 2.04. The third-order valence-corrected chi connectivity index (χ3v) is 3.55. The second-order valence-corrected chi connectivity index (χ2v) is 5.22. The van der Waals surface area contributed by atoms with Crippen molar-refractivity contribution in [1.29, 1.82) is 5.26 Å². The smallest absolute Gasteiger partial charge is 0.231 e. The predicted molar refractivity (Wildman–Crippen MR) is 82.2 cm³/mol. The number of halogens is 2. The van der Waals surface area contributed by atoms with E-state index in [-0.39, 0.29) is 17.9 Å². The van der Waals surface area contributed by atoms with Gasteiger partial charge in [-0.2, -0.15) is 5.26 Å². The molecular formula is C16H13ClFN3O. The summed E-state index contributed by atoms with van der Waals surface area (Å²) in [4.78, 5) is 17.7. The van der Waals surface area contributed by atoms with Crippen LogP contribution >= 0.6 is 11.6 Å². The van der Waals surface area contributed by atoms with Gasteiger partial charge >= 0.3 is 0 Å². The van der Waals surface area contributed by atoms with Crippen LogP contribution in [0.2, 0.25) is 5.15 Å². The molecule has 0 saturated heterocycles. The average molecular weight is 318 g/mol. The molecule has 0 saturated carbocycles. The number of aromatic nitrogens is 1. The van der Waals surface area contributed by atoms with Gasteiger partial charge in [0.15, 0.2) is 0 Å². The molecule has 22 heavy (non-hydrogen) atoms. The summed E-state index contributed by atoms with van der Waals surface area (Å²) in [6, 6.07) is 7.31. The molecule has 1 amide bonds. The van der Waals surface area contributed by atoms with E-state index < -0.39 is 5.82 Å². The fraction of sp³-hybridized carbons (Fsp3) is 0.188. The third kappa shape index (κ3) is 3.41. The number of nitriles is 1. The molecular weight excluding hydrogens is 305 g/mol. The largest absolute Gasteiger partial charge is 0.314 e. The standard InChI is InChI=1S/C16H13ClFN3O/c1-10-5-15(17)20-9-12(10)7-16(22)21(2)14-4-3-13(18)6-11(14)8-19/h3-6,9H,7H2,1-2H3. The molecule has 6 heteroatoms. The van der Waals surface area contributed by atoms with E-state index in [1.54, 1.807) is 19.3 Å². The van der Waals surface area contributed by atoms with Crippen LogP contribution in [-0.2, 0) is 11.2 Å². The van der Waals surface area contributed by atoms with Crippen LogP contribution in [0.3, 0.4) is 0 Å². The monoisotopic (exact) mass is 317 g/mol. The zero-order valence-corrected chi connectivity index (χ0v) is 12.9. The molecule has 0 bridgehead atoms. The van der Waals surface area contributed by atoms with Crippen LogP contribution < -0.4 is 4.90 Å². The maximum absolute atomic E-state index is 13.2. The van der Waals surface area contributed by atoms with E-state index in [1.165, 1.54) is 17.0 Å². The normalized spacial score (nSPS) is 10.1. The quantitative estimate of drug-likeness (QED) is 0.816. The van der Waals surface area contributed by atoms with Crippen LogP contribution in [0.5, 0.6) is 0 Å². The number of likely N-dealkylation sites (N-methyl/N-ethyl adjacent to an activating group) is 1. The molecule has 0 radical (unpaired) electrons. The number of hydrogen-bond donors (Lipinski definition) is 0. The number of benzene rings is 1. The van der Waals surface area contributed by atoms with E-state index >= 15 is 0 Å². The molecule has 0 aliphatic carbocycles. The summed E-state index contributed by atoms with van der Waals surface area (Å²) in [6.07, 6.45) is 1.67. The second kappa shape index (κ2) is 6.54. The van der Waals surface area contributed by atoms with Gasteiger partial charge in [0.25, 0.3) is 0 Å². The number of anilines is 1. The van der Waals surface area contributed by atoms with Gasteiger partial charge in [-0.15, -0.1) is 0 Å². The highest BCUT2D eigenvalue weighted by Crippen LogP contribution is 2.21. The second-order valence-electron chi connectivity index (χ2n) is 4.84. The highest BCUT2D eigenvalue weighted by Gasteiger charge is 2.16. The van der Waals surface area contributed by atoms with E-state index in [2.05, 4.69) is 4.98 Å². The van der Waals surface area contributed by atoms with Gasteiger partial charge in [0.1, 0.15) is 17.0 Å². The van der Waals surface area contributed by atoms with Gasteiger partial charge in [-0.05, 0) is 42.3 Å². The first-order chi connectivity index (χ1) is 10.4. The first-order valence-electron chi connectivity index (χ1n) is 6.49. The van der Waals surface area contributed by atoms with Gasteiger partial charge in [-0.3, -0.25) is 4.79 Å². The Labute approximate surface area is 132 Å². The lowest BCUT2D eigenvalue weighted by Gasteiger charge is -2.19. The predicted octanol–water partition coefficient (Wildman–Crippen LogP) is 3.26. The lowest BCUT2D eigenvalue weighted by atomic mass is 10.1. The van der Waals surface area contributed by atoms with Crippen LogP contribution in [0.4, 0.5) is 10.1 Å². The Hall–Kier alpha value is -2.45. The minimum absolute atomic E-state index is 0.113. The third-order valence-electron chi connectivity index (χ3n) is 3.34. The van der Waals surface area contributed by atoms with Crippen molar-refractivity contribution in [2.24, 2.45) is 0 Å². The molecule has 2 aromatic rings. The summed E-state index contributed by atoms with van der Waals surface area (Å²) in [7, 11) is 1.55. The molecule has 0 aliphatic heterocycles. The number of amides is 1. The number of carbonyl (C=O) groups excluding carboxylic acids is 1. The number of hydrogen-bond acceptors (Lipinski definition) is 3. The summed E-state index contributed by atoms with van der Waals surface area (Å²) in [5.41, 5.74) is 2.10. The van der Waals surface area contributed by atoms with Crippen molar-refractivity contribution in [2.45, 2.75) is 13.3 Å². The van der Waals surface area contributed by atoms with Gasteiger partial charge in [-0.25, -0.2) is 9.37 Å². The molecule has 4 nitrogen and oxygen atoms in total. The van der Waals surface area contributed by atoms with Crippen LogP contribution in [0.25, 0.3) is 0 Å². The Kier molecular flexibility index (Phi) is 4.74. The fourth-order valence-corrected chi connectivity index (χ4v) is 2.25. The molecule has 0 spiro atoms. The molecule has 0 fully saturated rings. The summed E-state index contributed by atoms with van der Waals surface area (Å²) in [5.74, 6) is -0.741. The van der Waals surface area contributed by atoms with Crippen LogP contribution in [0, 0.1) is 24.1 Å². The van der Waals surface area contributed by atoms with Crippen LogP contribution in [0.15, 0.2) is 30.5 Å². The molecule has 0 atom stereocenters. The van der Waals surface area contributed by atoms with Crippen molar-refractivity contribution in [3.05, 3.63) is 58.1 Å². The van der Waals surface area contributed by atoms with Gasteiger partial charge in [-0.1, -0.05) is 11.6 Å². The highest BCUT2D eigenvalue weighted by atomic mass is 35.5. The van der Waals surface area contributed by atoms with E-state index in [0.29, 0.717) is 10.8 Å². The number of nitrogens with zero attached hydrogens (tertiary/aromatic N) is 3. The first kappa shape index (κ1) is 15.9. The van der Waals surface area contributed by atoms with Crippen LogP contribution in [-0.4, -0.2) is 17.9 Å². The Balaban J connectivity index is 2.24. The van der Waals surface area contributed by atoms with E-state index in [9.17, 15) is 9.18 Å². The maximum atomic E-state index is 13.2. The summed E-state index contributed by atoms with van der Waals surface area (Å²) < 4.78 is 13.2. The Morgan fingerprint density at radius 3 is 2.82 bits per heavy atom. The molecule has 1 aromatic heterocycles. The number of carbonyl (C=O) groups is 1. The summed E-state index contributed by atoms with van der Waals surface area (Å²) in [6.45, 7) is 1.84. The first-order valence-corrected chi connectivity index (χ1v) is 6.87. The lowest BCUT2D eigenvalue weighted by molar-refractivity contribution is -0.117. The van der Waals surface area contributed by atoms with Gasteiger partial charge in [0.2, 0.25) is 5.91 Å². The van der Waals surface area contributed by atoms with Gasteiger partial charge < -0.3 is 4.90 Å². The topological polar surface area (TPSA) is 57.0 Å². The zero-order valence-electron chi connectivity index (χ0n) is 12.1. The number of aryl methyl sites for hydroxylation is 1. The summed E-state index contributed by atoms with van der Waals surface area (Å²) in [5, 5.41) is 9.43. The number of rotatable bonds is 3. The van der Waals surface area contributed by atoms with Crippen molar-refractivity contribution in [3.8, 4) is 6.07 Å². The molecule has 0 unspecified atom stereocenters. The zero-order chi connectivity index (χ0) is 16.3. The van der Waals surface area contributed by atoms with Crippen molar-refractivity contribution in [2.75, 3.05) is 11.9 Å². The highest BCUT2D eigenvalue weighted by molar-refractivity contribution is 6.29. The van der Waals surface area contributed by atoms with E-state index in [0.717, 1.165) is 17.2 Å². The SMILES string of the molecule is Cc1cc(Cl)ncc1CC(=O)N(C)c1ccc(F)cc1C#N. The Morgan fingerprint density at radius 2 is 2.18 bits per heavy atom. The average Bonchev–Trinajstić information content (AvgIpc) is 2.49. The van der Waals surface area contributed by atoms with Crippen molar-refractivity contribution in [3.63, 3.8) is 0 Å². The Morgan fingerprint density at radius 1 is 1.45 bits per heavy atom. The van der Waals surface area contributed by atoms with Crippen molar-refractivity contribution in [1.82, 2.24) is 4.98 Å². The van der Waals surface area contributed by atoms with Crippen molar-refractivity contribution >= 4 is 23.2 Å². The van der Waals surface area contributed by atoms with Gasteiger partial charge in [0.05, 0.1) is 17.7 Å². The summed E-state index contributed by atoms with van der Waals surface area (Å²) >= 11 is 5.79. The molecule has 1 aromatic carbocycles. The van der Waals surface area contributed by atoms with Crippen molar-refractivity contribution < 1.29 is 9.18 Å². The number of pyridine rings is 1. The Bertz CT molecular complexity index is 770. The molecule has 2 rings (SSSR count). The molecule has 112 valence electrons. The van der Waals surface area contributed by atoms with E-state index in [4.69, 9.17) is 16.9 Å². The molecule has 0 N–H and O–H groups in total. The van der Waals surface area contributed by atoms with E-state index in [1.807, 2.05) is 13.0 Å². The lowest BCUT2D eigenvalue weighted by Crippen LogP contribution is -2.28. The van der Waals surface area contributed by atoms with Crippen LogP contribution in [0.1, 0.15) is 16.7 Å². The van der Waals surface area contributed by atoms with Gasteiger partial charge in [0, 0.05) is 13.2 Å².